The Labute approximate surface area is 176 Å². The number of rotatable bonds is 6. The van der Waals surface area contributed by atoms with Crippen LogP contribution in [0.25, 0.3) is 11.4 Å². The molecule has 1 aromatic carbocycles. The quantitative estimate of drug-likeness (QED) is 0.525. The van der Waals surface area contributed by atoms with Crippen LogP contribution in [0.15, 0.2) is 34.8 Å². The molecule has 9 heteroatoms. The van der Waals surface area contributed by atoms with Gasteiger partial charge in [0.25, 0.3) is 0 Å². The van der Waals surface area contributed by atoms with Crippen molar-refractivity contribution >= 4 is 45.7 Å². The molecule has 0 bridgehead atoms. The van der Waals surface area contributed by atoms with E-state index in [2.05, 4.69) is 25.1 Å². The van der Waals surface area contributed by atoms with Crippen molar-refractivity contribution in [2.45, 2.75) is 49.6 Å². The first-order chi connectivity index (χ1) is 13.6. The van der Waals surface area contributed by atoms with Gasteiger partial charge in [-0.15, -0.1) is 21.5 Å². The van der Waals surface area contributed by atoms with Gasteiger partial charge >= 0.3 is 0 Å². The summed E-state index contributed by atoms with van der Waals surface area (Å²) in [7, 11) is 0. The summed E-state index contributed by atoms with van der Waals surface area (Å²) < 4.78 is 2.25. The lowest BCUT2D eigenvalue weighted by Gasteiger charge is -2.17. The lowest BCUT2D eigenvalue weighted by molar-refractivity contribution is -0.114. The monoisotopic (exact) mass is 433 g/mol. The number of nitrogens with zero attached hydrogens (tertiary/aromatic N) is 4. The summed E-state index contributed by atoms with van der Waals surface area (Å²) in [6.07, 6.45) is 4.71. The summed E-state index contributed by atoms with van der Waals surface area (Å²) in [5.41, 5.74) is 1.83. The Balaban J connectivity index is 1.59. The molecule has 3 aromatic rings. The van der Waals surface area contributed by atoms with Crippen LogP contribution in [0.2, 0.25) is 5.02 Å². The van der Waals surface area contributed by atoms with Gasteiger partial charge in [-0.25, -0.2) is 4.98 Å². The third kappa shape index (κ3) is 4.24. The summed E-state index contributed by atoms with van der Waals surface area (Å²) in [5, 5.41) is 15.8. The summed E-state index contributed by atoms with van der Waals surface area (Å²) in [6, 6.07) is 8.17. The van der Waals surface area contributed by atoms with E-state index < -0.39 is 0 Å². The average molecular weight is 434 g/mol. The largest absolute Gasteiger partial charge is 0.302 e. The Kier molecular flexibility index (Phi) is 5.99. The zero-order valence-corrected chi connectivity index (χ0v) is 17.8. The molecule has 0 spiro atoms. The number of anilines is 1. The van der Waals surface area contributed by atoms with E-state index in [0.29, 0.717) is 21.9 Å². The topological polar surface area (TPSA) is 72.7 Å². The van der Waals surface area contributed by atoms with Gasteiger partial charge in [0.1, 0.15) is 0 Å². The van der Waals surface area contributed by atoms with E-state index in [1.165, 1.54) is 31.1 Å². The highest BCUT2D eigenvalue weighted by Gasteiger charge is 2.25. The van der Waals surface area contributed by atoms with Gasteiger partial charge in [-0.1, -0.05) is 48.3 Å². The highest BCUT2D eigenvalue weighted by atomic mass is 35.5. The fourth-order valence-electron chi connectivity index (χ4n) is 3.41. The molecule has 2 heterocycles. The molecule has 1 N–H and O–H groups in total. The molecule has 0 saturated heterocycles. The van der Waals surface area contributed by atoms with Crippen molar-refractivity contribution in [1.29, 1.82) is 0 Å². The zero-order valence-electron chi connectivity index (χ0n) is 15.4. The normalized spacial score (nSPS) is 14.5. The Hall–Kier alpha value is -1.90. The number of halogens is 1. The van der Waals surface area contributed by atoms with Crippen LogP contribution in [0.1, 0.15) is 44.3 Å². The molecule has 1 fully saturated rings. The number of aromatic nitrogens is 4. The predicted molar refractivity (Wildman–Crippen MR) is 114 cm³/mol. The van der Waals surface area contributed by atoms with E-state index in [1.54, 1.807) is 11.8 Å². The van der Waals surface area contributed by atoms with Crippen LogP contribution < -0.4 is 5.32 Å². The molecule has 0 atom stereocenters. The molecule has 1 saturated carbocycles. The van der Waals surface area contributed by atoms with E-state index in [-0.39, 0.29) is 5.91 Å². The third-order valence-corrected chi connectivity index (χ3v) is 6.77. The van der Waals surface area contributed by atoms with Gasteiger partial charge in [0.2, 0.25) is 5.91 Å². The van der Waals surface area contributed by atoms with Crippen molar-refractivity contribution in [2.75, 3.05) is 5.32 Å². The molecule has 0 unspecified atom stereocenters. The van der Waals surface area contributed by atoms with E-state index in [9.17, 15) is 4.79 Å². The lowest BCUT2D eigenvalue weighted by atomic mass is 10.2. The summed E-state index contributed by atoms with van der Waals surface area (Å²) >= 11 is 9.48. The van der Waals surface area contributed by atoms with Crippen LogP contribution in [0.3, 0.4) is 0 Å². The van der Waals surface area contributed by atoms with Crippen LogP contribution in [-0.4, -0.2) is 25.7 Å². The van der Waals surface area contributed by atoms with Crippen molar-refractivity contribution in [3.8, 4) is 11.4 Å². The molecule has 0 aliphatic heterocycles. The second-order valence-electron chi connectivity index (χ2n) is 6.71. The standard InChI is InChI=1S/C19H20ClN5OS2/c1-12(26)21-18-22-13(10-27-18)11-28-19-24-23-17(15-8-4-5-9-16(15)20)25(19)14-6-2-3-7-14/h4-5,8-10,14H,2-3,6-7,11H2,1H3,(H,21,22,26). The number of amides is 1. The van der Waals surface area contributed by atoms with Crippen LogP contribution in [0.4, 0.5) is 5.13 Å². The second kappa shape index (κ2) is 8.63. The zero-order chi connectivity index (χ0) is 19.5. The number of benzene rings is 1. The number of carbonyl (C=O) groups excluding carboxylic acids is 1. The predicted octanol–water partition coefficient (Wildman–Crippen LogP) is 5.42. The molecule has 2 aromatic heterocycles. The molecule has 0 radical (unpaired) electrons. The Bertz CT molecular complexity index is 980. The van der Waals surface area contributed by atoms with Crippen LogP contribution in [-0.2, 0) is 10.5 Å². The minimum atomic E-state index is -0.112. The summed E-state index contributed by atoms with van der Waals surface area (Å²) in [6.45, 7) is 1.48. The molecule has 1 aliphatic carbocycles. The molecule has 28 heavy (non-hydrogen) atoms. The van der Waals surface area contributed by atoms with Gasteiger partial charge in [-0.05, 0) is 25.0 Å². The number of carbonyl (C=O) groups is 1. The molecule has 6 nitrogen and oxygen atoms in total. The fraction of sp³-hybridized carbons (Fsp3) is 0.368. The van der Waals surface area contributed by atoms with E-state index in [1.807, 2.05) is 29.6 Å². The van der Waals surface area contributed by atoms with E-state index in [0.717, 1.165) is 35.1 Å². The maximum Gasteiger partial charge on any atom is 0.223 e. The first-order valence-corrected chi connectivity index (χ1v) is 11.4. The molecule has 1 amide bonds. The van der Waals surface area contributed by atoms with Gasteiger partial charge < -0.3 is 5.32 Å². The number of thiazole rings is 1. The maximum absolute atomic E-state index is 11.2. The Morgan fingerprint density at radius 3 is 2.86 bits per heavy atom. The Morgan fingerprint density at radius 1 is 1.32 bits per heavy atom. The number of hydrogen-bond donors (Lipinski definition) is 1. The van der Waals surface area contributed by atoms with Gasteiger partial charge in [-0.3, -0.25) is 9.36 Å². The number of hydrogen-bond acceptors (Lipinski definition) is 6. The summed E-state index contributed by atoms with van der Waals surface area (Å²) in [4.78, 5) is 15.6. The average Bonchev–Trinajstić information content (AvgIpc) is 3.40. The molecular weight excluding hydrogens is 414 g/mol. The van der Waals surface area contributed by atoms with E-state index in [4.69, 9.17) is 11.6 Å². The lowest BCUT2D eigenvalue weighted by Crippen LogP contribution is -2.08. The molecule has 1 aliphatic rings. The van der Waals surface area contributed by atoms with E-state index >= 15 is 0 Å². The third-order valence-electron chi connectivity index (χ3n) is 4.65. The van der Waals surface area contributed by atoms with Gasteiger partial charge in [-0.2, -0.15) is 0 Å². The van der Waals surface area contributed by atoms with Gasteiger partial charge in [0.05, 0.1) is 10.7 Å². The number of nitrogens with one attached hydrogen (secondary N) is 1. The van der Waals surface area contributed by atoms with Crippen molar-refractivity contribution < 1.29 is 4.79 Å². The first-order valence-electron chi connectivity index (χ1n) is 9.16. The highest BCUT2D eigenvalue weighted by molar-refractivity contribution is 7.98. The SMILES string of the molecule is CC(=O)Nc1nc(CSc2nnc(-c3ccccc3Cl)n2C2CCCC2)cs1. The van der Waals surface area contributed by atoms with Crippen molar-refractivity contribution in [3.63, 3.8) is 0 Å². The van der Waals surface area contributed by atoms with Crippen LogP contribution in [0.5, 0.6) is 0 Å². The van der Waals surface area contributed by atoms with Crippen molar-refractivity contribution in [3.05, 3.63) is 40.4 Å². The maximum atomic E-state index is 11.2. The summed E-state index contributed by atoms with van der Waals surface area (Å²) in [5.74, 6) is 1.39. The van der Waals surface area contributed by atoms with Gasteiger partial charge in [0.15, 0.2) is 16.1 Å². The van der Waals surface area contributed by atoms with Crippen molar-refractivity contribution in [2.24, 2.45) is 0 Å². The van der Waals surface area contributed by atoms with Gasteiger partial charge in [0, 0.05) is 29.7 Å². The second-order valence-corrected chi connectivity index (χ2v) is 8.92. The fourth-order valence-corrected chi connectivity index (χ4v) is 5.39. The Morgan fingerprint density at radius 2 is 2.11 bits per heavy atom. The van der Waals surface area contributed by atoms with Crippen molar-refractivity contribution in [1.82, 2.24) is 19.7 Å². The number of thioether (sulfide) groups is 1. The minimum absolute atomic E-state index is 0.112. The molecular formula is C19H20ClN5OS2. The van der Waals surface area contributed by atoms with Crippen LogP contribution >= 0.6 is 34.7 Å². The molecule has 146 valence electrons. The molecule has 4 rings (SSSR count). The smallest absolute Gasteiger partial charge is 0.223 e. The highest BCUT2D eigenvalue weighted by Crippen LogP contribution is 2.38. The minimum Gasteiger partial charge on any atom is -0.302 e. The van der Waals surface area contributed by atoms with Crippen LogP contribution in [0, 0.1) is 0 Å². The first kappa shape index (κ1) is 19.4.